The van der Waals surface area contributed by atoms with Gasteiger partial charge in [0.1, 0.15) is 0 Å². The van der Waals surface area contributed by atoms with Gasteiger partial charge < -0.3 is 9.47 Å². The van der Waals surface area contributed by atoms with Crippen molar-refractivity contribution in [2.45, 2.75) is 31.7 Å². The summed E-state index contributed by atoms with van der Waals surface area (Å²) in [6.07, 6.45) is 2.90. The van der Waals surface area contributed by atoms with Crippen LogP contribution in [0.3, 0.4) is 0 Å². The molecule has 1 aliphatic rings. The second-order valence-corrected chi connectivity index (χ2v) is 4.41. The highest BCUT2D eigenvalue weighted by molar-refractivity contribution is 6.30. The van der Waals surface area contributed by atoms with E-state index in [0.29, 0.717) is 5.02 Å². The molecule has 1 unspecified atom stereocenters. The van der Waals surface area contributed by atoms with Crippen LogP contribution < -0.4 is 0 Å². The van der Waals surface area contributed by atoms with Gasteiger partial charge in [-0.1, -0.05) is 23.7 Å². The lowest BCUT2D eigenvalue weighted by Crippen LogP contribution is -2.23. The van der Waals surface area contributed by atoms with Crippen molar-refractivity contribution in [3.05, 3.63) is 41.8 Å². The molecule has 2 nitrogen and oxygen atoms in total. The summed E-state index contributed by atoms with van der Waals surface area (Å²) in [6, 6.07) is 7.59. The van der Waals surface area contributed by atoms with Crippen molar-refractivity contribution in [1.82, 2.24) is 0 Å². The van der Waals surface area contributed by atoms with Gasteiger partial charge in [0.15, 0.2) is 6.29 Å². The Morgan fingerprint density at radius 2 is 2.31 bits per heavy atom. The average Bonchev–Trinajstić information content (AvgIpc) is 2.30. The summed E-state index contributed by atoms with van der Waals surface area (Å²) in [5.41, 5.74) is 0.988. The summed E-state index contributed by atoms with van der Waals surface area (Å²) < 4.78 is 11.2. The SMILES string of the molecule is [CH2][C@@H](OC1CCCCO1)c1cccc(Cl)c1. The molecule has 16 heavy (non-hydrogen) atoms. The fourth-order valence-electron chi connectivity index (χ4n) is 1.79. The number of hydrogen-bond donors (Lipinski definition) is 0. The van der Waals surface area contributed by atoms with Crippen LogP contribution in [0.1, 0.15) is 30.9 Å². The average molecular weight is 240 g/mol. The maximum atomic E-state index is 5.92. The number of rotatable bonds is 3. The quantitative estimate of drug-likeness (QED) is 0.800. The Morgan fingerprint density at radius 1 is 1.44 bits per heavy atom. The summed E-state index contributed by atoms with van der Waals surface area (Å²) in [6.45, 7) is 4.77. The zero-order valence-electron chi connectivity index (χ0n) is 9.19. The van der Waals surface area contributed by atoms with Crippen LogP contribution >= 0.6 is 11.6 Å². The van der Waals surface area contributed by atoms with Gasteiger partial charge in [-0.15, -0.1) is 0 Å². The molecule has 0 saturated carbocycles. The van der Waals surface area contributed by atoms with Gasteiger partial charge >= 0.3 is 0 Å². The molecule has 2 rings (SSSR count). The van der Waals surface area contributed by atoms with E-state index in [0.717, 1.165) is 31.4 Å². The highest BCUT2D eigenvalue weighted by Crippen LogP contribution is 2.24. The molecule has 1 aromatic carbocycles. The van der Waals surface area contributed by atoms with Gasteiger partial charge in [0.25, 0.3) is 0 Å². The smallest absolute Gasteiger partial charge is 0.158 e. The summed E-state index contributed by atoms with van der Waals surface area (Å²) in [5, 5.41) is 0.708. The maximum absolute atomic E-state index is 5.92. The predicted molar refractivity (Wildman–Crippen MR) is 64.2 cm³/mol. The first-order chi connectivity index (χ1) is 7.75. The van der Waals surface area contributed by atoms with Gasteiger partial charge in [-0.3, -0.25) is 0 Å². The third-order valence-corrected chi connectivity index (χ3v) is 2.91. The topological polar surface area (TPSA) is 18.5 Å². The number of halogens is 1. The van der Waals surface area contributed by atoms with Crippen LogP contribution in [0.4, 0.5) is 0 Å². The third kappa shape index (κ3) is 3.21. The number of hydrogen-bond acceptors (Lipinski definition) is 2. The predicted octanol–water partition coefficient (Wildman–Crippen LogP) is 3.76. The highest BCUT2D eigenvalue weighted by Gasteiger charge is 2.18. The fraction of sp³-hybridized carbons (Fsp3) is 0.462. The lowest BCUT2D eigenvalue weighted by molar-refractivity contribution is -0.180. The van der Waals surface area contributed by atoms with Crippen LogP contribution in [-0.4, -0.2) is 12.9 Å². The second-order valence-electron chi connectivity index (χ2n) is 3.98. The van der Waals surface area contributed by atoms with Crippen molar-refractivity contribution in [3.63, 3.8) is 0 Å². The lowest BCUT2D eigenvalue weighted by Gasteiger charge is -2.26. The fourth-order valence-corrected chi connectivity index (χ4v) is 1.99. The van der Waals surface area contributed by atoms with Crippen molar-refractivity contribution in [3.8, 4) is 0 Å². The Balaban J connectivity index is 1.94. The van der Waals surface area contributed by atoms with E-state index in [1.165, 1.54) is 0 Å². The summed E-state index contributed by atoms with van der Waals surface area (Å²) >= 11 is 5.92. The lowest BCUT2D eigenvalue weighted by atomic mass is 10.1. The second kappa shape index (κ2) is 5.67. The molecule has 0 amide bonds. The molecular weight excluding hydrogens is 224 g/mol. The summed E-state index contributed by atoms with van der Waals surface area (Å²) in [5.74, 6) is 0. The standard InChI is InChI=1S/C13H16ClO2/c1-10(11-5-4-6-12(14)9-11)16-13-7-2-3-8-15-13/h4-6,9-10,13H,1-3,7-8H2/t10-,13?/m1/s1. The van der Waals surface area contributed by atoms with Gasteiger partial charge in [-0.25, -0.2) is 0 Å². The van der Waals surface area contributed by atoms with E-state index >= 15 is 0 Å². The molecule has 87 valence electrons. The van der Waals surface area contributed by atoms with E-state index in [1.54, 1.807) is 0 Å². The summed E-state index contributed by atoms with van der Waals surface area (Å²) in [7, 11) is 0. The molecular formula is C13H16ClO2. The Labute approximate surface area is 102 Å². The molecule has 1 heterocycles. The van der Waals surface area contributed by atoms with Crippen LogP contribution in [-0.2, 0) is 9.47 Å². The van der Waals surface area contributed by atoms with E-state index in [9.17, 15) is 0 Å². The minimum Gasteiger partial charge on any atom is -0.353 e. The van der Waals surface area contributed by atoms with Crippen molar-refractivity contribution in [2.75, 3.05) is 6.61 Å². The molecule has 0 bridgehead atoms. The molecule has 1 radical (unpaired) electrons. The van der Waals surface area contributed by atoms with Crippen molar-refractivity contribution in [1.29, 1.82) is 0 Å². The van der Waals surface area contributed by atoms with E-state index < -0.39 is 0 Å². The zero-order chi connectivity index (χ0) is 11.4. The molecule has 1 aliphatic heterocycles. The molecule has 0 aliphatic carbocycles. The van der Waals surface area contributed by atoms with Crippen molar-refractivity contribution in [2.24, 2.45) is 0 Å². The van der Waals surface area contributed by atoms with Crippen LogP contribution in [0, 0.1) is 6.92 Å². The van der Waals surface area contributed by atoms with Crippen LogP contribution in [0.25, 0.3) is 0 Å². The molecule has 1 aromatic rings. The minimum atomic E-state index is -0.221. The van der Waals surface area contributed by atoms with E-state index in [4.69, 9.17) is 21.1 Å². The molecule has 3 heteroatoms. The van der Waals surface area contributed by atoms with Gasteiger partial charge in [-0.05, 0) is 43.9 Å². The van der Waals surface area contributed by atoms with Crippen LogP contribution in [0.15, 0.2) is 24.3 Å². The van der Waals surface area contributed by atoms with Gasteiger partial charge in [-0.2, -0.15) is 0 Å². The first-order valence-corrected chi connectivity index (χ1v) is 5.99. The Morgan fingerprint density at radius 3 is 3.00 bits per heavy atom. The van der Waals surface area contributed by atoms with Crippen LogP contribution in [0.5, 0.6) is 0 Å². The first-order valence-electron chi connectivity index (χ1n) is 5.61. The number of ether oxygens (including phenoxy) is 2. The molecule has 0 N–H and O–H groups in total. The first kappa shape index (κ1) is 11.9. The molecule has 2 atom stereocenters. The molecule has 1 fully saturated rings. The Hall–Kier alpha value is -0.570. The molecule has 0 aromatic heterocycles. The van der Waals surface area contributed by atoms with Crippen molar-refractivity contribution < 1.29 is 9.47 Å². The Kier molecular flexibility index (Phi) is 4.22. The van der Waals surface area contributed by atoms with E-state index in [1.807, 2.05) is 24.3 Å². The third-order valence-electron chi connectivity index (χ3n) is 2.67. The van der Waals surface area contributed by atoms with Gasteiger partial charge in [0.05, 0.1) is 6.10 Å². The minimum absolute atomic E-state index is 0.116. The van der Waals surface area contributed by atoms with Crippen molar-refractivity contribution >= 4 is 11.6 Å². The van der Waals surface area contributed by atoms with E-state index in [2.05, 4.69) is 6.92 Å². The maximum Gasteiger partial charge on any atom is 0.158 e. The molecule has 0 spiro atoms. The van der Waals surface area contributed by atoms with E-state index in [-0.39, 0.29) is 12.4 Å². The molecule has 1 saturated heterocycles. The normalized spacial score (nSPS) is 23.0. The van der Waals surface area contributed by atoms with Gasteiger partial charge in [0.2, 0.25) is 0 Å². The largest absolute Gasteiger partial charge is 0.353 e. The van der Waals surface area contributed by atoms with Gasteiger partial charge in [0, 0.05) is 11.6 Å². The zero-order valence-corrected chi connectivity index (χ0v) is 9.95. The van der Waals surface area contributed by atoms with Crippen LogP contribution in [0.2, 0.25) is 5.02 Å². The highest BCUT2D eigenvalue weighted by atomic mass is 35.5. The number of benzene rings is 1. The Bertz CT molecular complexity index is 334. The monoisotopic (exact) mass is 239 g/mol. The summed E-state index contributed by atoms with van der Waals surface area (Å²) in [4.78, 5) is 0.